The van der Waals surface area contributed by atoms with Crippen molar-refractivity contribution in [3.8, 4) is 5.75 Å². The molecule has 0 amide bonds. The van der Waals surface area contributed by atoms with Gasteiger partial charge in [-0.2, -0.15) is 15.0 Å². The van der Waals surface area contributed by atoms with E-state index in [-0.39, 0.29) is 0 Å². The van der Waals surface area contributed by atoms with Crippen molar-refractivity contribution in [2.45, 2.75) is 0 Å². The summed E-state index contributed by atoms with van der Waals surface area (Å²) in [5.74, 6) is 2.06. The van der Waals surface area contributed by atoms with Crippen LogP contribution in [0.1, 0.15) is 0 Å². The number of methoxy groups -OCH3 is 1. The Morgan fingerprint density at radius 2 is 0.897 bits per heavy atom. The molecule has 29 heavy (non-hydrogen) atoms. The summed E-state index contributed by atoms with van der Waals surface area (Å²) in [7, 11) is 1.64. The smallest absolute Gasteiger partial charge is 0.233 e. The molecule has 4 rings (SSSR count). The molecule has 0 saturated carbocycles. The molecule has 0 unspecified atom stereocenters. The van der Waals surface area contributed by atoms with Crippen LogP contribution in [0.25, 0.3) is 0 Å². The van der Waals surface area contributed by atoms with E-state index >= 15 is 0 Å². The van der Waals surface area contributed by atoms with E-state index in [1.54, 1.807) is 7.11 Å². The fourth-order valence-electron chi connectivity index (χ4n) is 2.65. The predicted octanol–water partition coefficient (Wildman–Crippen LogP) is 5.11. The van der Waals surface area contributed by atoms with Gasteiger partial charge in [-0.1, -0.05) is 36.4 Å². The first kappa shape index (κ1) is 18.2. The van der Waals surface area contributed by atoms with Gasteiger partial charge in [0.05, 0.1) is 7.11 Å². The molecule has 0 bridgehead atoms. The quantitative estimate of drug-likeness (QED) is 0.408. The molecule has 0 aliphatic carbocycles. The van der Waals surface area contributed by atoms with E-state index in [4.69, 9.17) is 4.74 Å². The van der Waals surface area contributed by atoms with Crippen LogP contribution >= 0.6 is 0 Å². The molecule has 1 heterocycles. The molecule has 1 aromatic heterocycles. The lowest BCUT2D eigenvalue weighted by Gasteiger charge is -2.11. The topological polar surface area (TPSA) is 84.0 Å². The van der Waals surface area contributed by atoms with Crippen molar-refractivity contribution < 1.29 is 4.74 Å². The van der Waals surface area contributed by atoms with Crippen molar-refractivity contribution in [1.29, 1.82) is 0 Å². The second-order valence-electron chi connectivity index (χ2n) is 6.14. The Morgan fingerprint density at radius 1 is 0.517 bits per heavy atom. The normalized spacial score (nSPS) is 10.2. The second kappa shape index (κ2) is 8.71. The molecule has 3 N–H and O–H groups in total. The molecule has 0 atom stereocenters. The summed E-state index contributed by atoms with van der Waals surface area (Å²) < 4.78 is 5.20. The molecule has 0 fully saturated rings. The van der Waals surface area contributed by atoms with Crippen molar-refractivity contribution in [3.63, 3.8) is 0 Å². The molecular formula is C22H20N6O. The minimum absolute atomic E-state index is 0.419. The van der Waals surface area contributed by atoms with E-state index in [0.717, 1.165) is 22.8 Å². The summed E-state index contributed by atoms with van der Waals surface area (Å²) in [6, 6.07) is 27.0. The third-order valence-electron chi connectivity index (χ3n) is 4.04. The summed E-state index contributed by atoms with van der Waals surface area (Å²) in [5.41, 5.74) is 2.62. The number of aromatic nitrogens is 3. The molecule has 0 radical (unpaired) electrons. The monoisotopic (exact) mass is 384 g/mol. The number of anilines is 6. The van der Waals surface area contributed by atoms with Gasteiger partial charge in [-0.3, -0.25) is 0 Å². The van der Waals surface area contributed by atoms with E-state index in [1.807, 2.05) is 84.9 Å². The first-order valence-corrected chi connectivity index (χ1v) is 9.10. The number of nitrogens with zero attached hydrogens (tertiary/aromatic N) is 3. The van der Waals surface area contributed by atoms with Gasteiger partial charge >= 0.3 is 0 Å². The fraction of sp³-hybridized carbons (Fsp3) is 0.0455. The van der Waals surface area contributed by atoms with E-state index in [0.29, 0.717) is 17.8 Å². The van der Waals surface area contributed by atoms with Crippen molar-refractivity contribution in [2.24, 2.45) is 0 Å². The molecule has 7 heteroatoms. The van der Waals surface area contributed by atoms with Crippen LogP contribution < -0.4 is 20.7 Å². The minimum Gasteiger partial charge on any atom is -0.497 e. The van der Waals surface area contributed by atoms with E-state index < -0.39 is 0 Å². The van der Waals surface area contributed by atoms with Crippen LogP contribution in [0.4, 0.5) is 34.9 Å². The van der Waals surface area contributed by atoms with E-state index in [9.17, 15) is 0 Å². The van der Waals surface area contributed by atoms with E-state index in [1.165, 1.54) is 0 Å². The maximum absolute atomic E-state index is 5.20. The Bertz CT molecular complexity index is 996. The largest absolute Gasteiger partial charge is 0.497 e. The maximum atomic E-state index is 5.20. The summed E-state index contributed by atoms with van der Waals surface area (Å²) in [4.78, 5) is 13.5. The van der Waals surface area contributed by atoms with Gasteiger partial charge in [-0.15, -0.1) is 0 Å². The van der Waals surface area contributed by atoms with Crippen molar-refractivity contribution in [3.05, 3.63) is 84.9 Å². The van der Waals surface area contributed by atoms with Gasteiger partial charge < -0.3 is 20.7 Å². The van der Waals surface area contributed by atoms with Crippen LogP contribution in [-0.4, -0.2) is 22.1 Å². The zero-order chi connectivity index (χ0) is 19.9. The fourth-order valence-corrected chi connectivity index (χ4v) is 2.65. The van der Waals surface area contributed by atoms with Gasteiger partial charge in [-0.05, 0) is 48.5 Å². The zero-order valence-corrected chi connectivity index (χ0v) is 15.8. The van der Waals surface area contributed by atoms with Crippen LogP contribution in [0, 0.1) is 0 Å². The van der Waals surface area contributed by atoms with Crippen LogP contribution in [-0.2, 0) is 0 Å². The number of hydrogen-bond donors (Lipinski definition) is 3. The Balaban J connectivity index is 1.62. The van der Waals surface area contributed by atoms with Gasteiger partial charge in [0.15, 0.2) is 0 Å². The van der Waals surface area contributed by atoms with Crippen LogP contribution in [0.3, 0.4) is 0 Å². The summed E-state index contributed by atoms with van der Waals surface area (Å²) in [6.45, 7) is 0. The lowest BCUT2D eigenvalue weighted by molar-refractivity contribution is 0.415. The van der Waals surface area contributed by atoms with Crippen LogP contribution in [0.15, 0.2) is 84.9 Å². The molecule has 0 aliphatic rings. The van der Waals surface area contributed by atoms with Crippen molar-refractivity contribution >= 4 is 34.9 Å². The number of nitrogens with one attached hydrogen (secondary N) is 3. The van der Waals surface area contributed by atoms with E-state index in [2.05, 4.69) is 30.9 Å². The molecule has 4 aromatic rings. The Kier molecular flexibility index (Phi) is 5.48. The highest BCUT2D eigenvalue weighted by Gasteiger charge is 2.08. The predicted molar refractivity (Wildman–Crippen MR) is 116 cm³/mol. The van der Waals surface area contributed by atoms with Crippen molar-refractivity contribution in [2.75, 3.05) is 23.1 Å². The lowest BCUT2D eigenvalue weighted by atomic mass is 10.3. The van der Waals surface area contributed by atoms with Gasteiger partial charge in [0.1, 0.15) is 5.75 Å². The first-order chi connectivity index (χ1) is 14.3. The number of para-hydroxylation sites is 2. The standard InChI is InChI=1S/C22H20N6O/c1-29-19-14-12-18(13-15-19)25-22-27-20(23-16-8-4-2-5-9-16)26-21(28-22)24-17-10-6-3-7-11-17/h2-15H,1H3,(H3,23,24,25,26,27,28). The highest BCUT2D eigenvalue weighted by Crippen LogP contribution is 2.22. The third-order valence-corrected chi connectivity index (χ3v) is 4.04. The number of ether oxygens (including phenoxy) is 1. The second-order valence-corrected chi connectivity index (χ2v) is 6.14. The van der Waals surface area contributed by atoms with Gasteiger partial charge in [0.2, 0.25) is 17.8 Å². The molecule has 3 aromatic carbocycles. The number of benzene rings is 3. The first-order valence-electron chi connectivity index (χ1n) is 9.10. The van der Waals surface area contributed by atoms with Crippen LogP contribution in [0.2, 0.25) is 0 Å². The highest BCUT2D eigenvalue weighted by molar-refractivity contribution is 5.62. The summed E-state index contributed by atoms with van der Waals surface area (Å²) >= 11 is 0. The van der Waals surface area contributed by atoms with Gasteiger partial charge in [-0.25, -0.2) is 0 Å². The molecule has 0 spiro atoms. The van der Waals surface area contributed by atoms with Gasteiger partial charge in [0.25, 0.3) is 0 Å². The molecule has 0 saturated heterocycles. The zero-order valence-electron chi connectivity index (χ0n) is 15.8. The highest BCUT2D eigenvalue weighted by atomic mass is 16.5. The van der Waals surface area contributed by atoms with Crippen molar-refractivity contribution in [1.82, 2.24) is 15.0 Å². The summed E-state index contributed by atoms with van der Waals surface area (Å²) in [6.07, 6.45) is 0. The molecule has 7 nitrogen and oxygen atoms in total. The third kappa shape index (κ3) is 4.98. The molecule has 0 aliphatic heterocycles. The molecule has 144 valence electrons. The Hall–Kier alpha value is -4.13. The lowest BCUT2D eigenvalue weighted by Crippen LogP contribution is -2.07. The van der Waals surface area contributed by atoms with Gasteiger partial charge in [0, 0.05) is 17.1 Å². The number of hydrogen-bond acceptors (Lipinski definition) is 7. The molecular weight excluding hydrogens is 364 g/mol. The Morgan fingerprint density at radius 3 is 1.28 bits per heavy atom. The van der Waals surface area contributed by atoms with Crippen LogP contribution in [0.5, 0.6) is 5.75 Å². The average molecular weight is 384 g/mol. The number of rotatable bonds is 7. The average Bonchev–Trinajstić information content (AvgIpc) is 2.76. The Labute approximate surface area is 168 Å². The SMILES string of the molecule is COc1ccc(Nc2nc(Nc3ccccc3)nc(Nc3ccccc3)n2)cc1. The maximum Gasteiger partial charge on any atom is 0.233 e. The summed E-state index contributed by atoms with van der Waals surface area (Å²) in [5, 5.41) is 9.63. The minimum atomic E-state index is 0.419.